The van der Waals surface area contributed by atoms with E-state index in [0.717, 1.165) is 42.1 Å². The number of hydrogen-bond acceptors (Lipinski definition) is 5. The lowest BCUT2D eigenvalue weighted by Crippen LogP contribution is -2.47. The third-order valence-corrected chi connectivity index (χ3v) is 5.19. The van der Waals surface area contributed by atoms with Crippen LogP contribution in [0.15, 0.2) is 29.6 Å². The molecule has 1 saturated heterocycles. The summed E-state index contributed by atoms with van der Waals surface area (Å²) in [5.41, 5.74) is 7.34. The van der Waals surface area contributed by atoms with E-state index in [1.807, 2.05) is 41.5 Å². The molecule has 128 valence electrons. The quantitative estimate of drug-likeness (QED) is 0.904. The van der Waals surface area contributed by atoms with E-state index in [9.17, 15) is 4.79 Å². The number of amides is 1. The fourth-order valence-electron chi connectivity index (χ4n) is 3.03. The summed E-state index contributed by atoms with van der Waals surface area (Å²) in [7, 11) is 0. The van der Waals surface area contributed by atoms with Gasteiger partial charge in [0.15, 0.2) is 0 Å². The molecule has 1 fully saturated rings. The van der Waals surface area contributed by atoms with Crippen molar-refractivity contribution in [3.05, 3.63) is 35.3 Å². The Labute approximate surface area is 146 Å². The summed E-state index contributed by atoms with van der Waals surface area (Å²) in [4.78, 5) is 19.2. The number of carbonyl (C=O) groups excluding carboxylic acids is 1. The van der Waals surface area contributed by atoms with Gasteiger partial charge in [-0.15, -0.1) is 11.3 Å². The Kier molecular flexibility index (Phi) is 5.48. The van der Waals surface area contributed by atoms with E-state index in [1.165, 1.54) is 11.3 Å². The standard InChI is InChI=1S/C18H23N3O2S/c1-2-23-15-8-6-13(7-9-15)17-20-16(12-24-17)18(22)21-10-4-3-5-14(21)11-19/h6-9,12,14H,2-5,10-11,19H2,1H3. The van der Waals surface area contributed by atoms with Crippen LogP contribution in [0.5, 0.6) is 5.75 Å². The minimum Gasteiger partial charge on any atom is -0.494 e. The Bertz CT molecular complexity index is 684. The molecule has 2 N–H and O–H groups in total. The van der Waals surface area contributed by atoms with Crippen LogP contribution in [0.25, 0.3) is 10.6 Å². The van der Waals surface area contributed by atoms with Crippen molar-refractivity contribution in [2.24, 2.45) is 5.73 Å². The molecule has 24 heavy (non-hydrogen) atoms. The van der Waals surface area contributed by atoms with Gasteiger partial charge in [0, 0.05) is 30.1 Å². The highest BCUT2D eigenvalue weighted by molar-refractivity contribution is 7.13. The van der Waals surface area contributed by atoms with Gasteiger partial charge in [0.2, 0.25) is 0 Å². The molecule has 0 saturated carbocycles. The third kappa shape index (κ3) is 3.60. The summed E-state index contributed by atoms with van der Waals surface area (Å²) < 4.78 is 5.45. The van der Waals surface area contributed by atoms with Crippen LogP contribution >= 0.6 is 11.3 Å². The summed E-state index contributed by atoms with van der Waals surface area (Å²) >= 11 is 1.49. The fourth-order valence-corrected chi connectivity index (χ4v) is 3.83. The molecule has 1 atom stereocenters. The largest absolute Gasteiger partial charge is 0.494 e. The van der Waals surface area contributed by atoms with E-state index < -0.39 is 0 Å². The second-order valence-corrected chi connectivity index (χ2v) is 6.74. The smallest absolute Gasteiger partial charge is 0.273 e. The lowest BCUT2D eigenvalue weighted by Gasteiger charge is -2.34. The Morgan fingerprint density at radius 2 is 2.17 bits per heavy atom. The maximum atomic E-state index is 12.7. The second-order valence-electron chi connectivity index (χ2n) is 5.88. The number of nitrogens with two attached hydrogens (primary N) is 1. The number of thiazole rings is 1. The predicted molar refractivity (Wildman–Crippen MR) is 96.4 cm³/mol. The van der Waals surface area contributed by atoms with Crippen molar-refractivity contribution in [3.63, 3.8) is 0 Å². The Hall–Kier alpha value is -1.92. The second kappa shape index (κ2) is 7.77. The monoisotopic (exact) mass is 345 g/mol. The van der Waals surface area contributed by atoms with Crippen LogP contribution in [-0.4, -0.2) is 41.5 Å². The van der Waals surface area contributed by atoms with E-state index in [-0.39, 0.29) is 11.9 Å². The van der Waals surface area contributed by atoms with Crippen LogP contribution in [0, 0.1) is 0 Å². The molecule has 2 aromatic rings. The third-order valence-electron chi connectivity index (χ3n) is 4.30. The van der Waals surface area contributed by atoms with Crippen LogP contribution in [0.4, 0.5) is 0 Å². The topological polar surface area (TPSA) is 68.5 Å². The summed E-state index contributed by atoms with van der Waals surface area (Å²) in [6, 6.07) is 7.94. The van der Waals surface area contributed by atoms with Gasteiger partial charge in [-0.25, -0.2) is 4.98 Å². The zero-order valence-electron chi connectivity index (χ0n) is 13.9. The molecule has 1 unspecified atom stereocenters. The van der Waals surface area contributed by atoms with Crippen LogP contribution in [0.3, 0.4) is 0 Å². The van der Waals surface area contributed by atoms with Crippen LogP contribution in [0.2, 0.25) is 0 Å². The van der Waals surface area contributed by atoms with Gasteiger partial charge in [-0.1, -0.05) is 0 Å². The van der Waals surface area contributed by atoms with Gasteiger partial charge in [0.1, 0.15) is 16.5 Å². The molecule has 0 aliphatic carbocycles. The summed E-state index contributed by atoms with van der Waals surface area (Å²) in [6.45, 7) is 3.90. The van der Waals surface area contributed by atoms with E-state index in [2.05, 4.69) is 4.98 Å². The number of hydrogen-bond donors (Lipinski definition) is 1. The molecule has 2 heterocycles. The van der Waals surface area contributed by atoms with Gasteiger partial charge in [-0.2, -0.15) is 0 Å². The SMILES string of the molecule is CCOc1ccc(-c2nc(C(=O)N3CCCCC3CN)cs2)cc1. The van der Waals surface area contributed by atoms with Crippen molar-refractivity contribution in [1.82, 2.24) is 9.88 Å². The number of nitrogens with zero attached hydrogens (tertiary/aromatic N) is 2. The highest BCUT2D eigenvalue weighted by Crippen LogP contribution is 2.27. The number of rotatable bonds is 5. The number of carbonyl (C=O) groups is 1. The van der Waals surface area contributed by atoms with E-state index in [4.69, 9.17) is 10.5 Å². The van der Waals surface area contributed by atoms with Crippen molar-refractivity contribution in [2.45, 2.75) is 32.2 Å². The minimum atomic E-state index is -0.00131. The number of ether oxygens (including phenoxy) is 1. The fraction of sp³-hybridized carbons (Fsp3) is 0.444. The molecular weight excluding hydrogens is 322 g/mol. The maximum absolute atomic E-state index is 12.7. The van der Waals surface area contributed by atoms with Gasteiger partial charge in [-0.3, -0.25) is 4.79 Å². The van der Waals surface area contributed by atoms with E-state index in [0.29, 0.717) is 18.8 Å². The maximum Gasteiger partial charge on any atom is 0.273 e. The lowest BCUT2D eigenvalue weighted by molar-refractivity contribution is 0.0618. The zero-order valence-corrected chi connectivity index (χ0v) is 14.7. The molecule has 6 heteroatoms. The molecule has 1 aliphatic heterocycles. The predicted octanol–water partition coefficient (Wildman–Crippen LogP) is 3.16. The zero-order chi connectivity index (χ0) is 16.9. The molecule has 1 aromatic heterocycles. The first kappa shape index (κ1) is 16.9. The summed E-state index contributed by atoms with van der Waals surface area (Å²) in [5, 5.41) is 2.69. The van der Waals surface area contributed by atoms with Crippen LogP contribution < -0.4 is 10.5 Å². The molecule has 1 amide bonds. The van der Waals surface area contributed by atoms with Gasteiger partial charge in [0.05, 0.1) is 6.61 Å². The van der Waals surface area contributed by atoms with Crippen molar-refractivity contribution in [1.29, 1.82) is 0 Å². The van der Waals surface area contributed by atoms with Crippen molar-refractivity contribution < 1.29 is 9.53 Å². The first-order valence-corrected chi connectivity index (χ1v) is 9.30. The average Bonchev–Trinajstić information content (AvgIpc) is 3.12. The first-order valence-electron chi connectivity index (χ1n) is 8.42. The van der Waals surface area contributed by atoms with Gasteiger partial charge in [-0.05, 0) is 50.5 Å². The van der Waals surface area contributed by atoms with Crippen molar-refractivity contribution >= 4 is 17.2 Å². The van der Waals surface area contributed by atoms with E-state index >= 15 is 0 Å². The Balaban J connectivity index is 1.75. The molecule has 3 rings (SSSR count). The highest BCUT2D eigenvalue weighted by Gasteiger charge is 2.27. The molecular formula is C18H23N3O2S. The van der Waals surface area contributed by atoms with Gasteiger partial charge in [0.25, 0.3) is 5.91 Å². The van der Waals surface area contributed by atoms with Gasteiger partial charge >= 0.3 is 0 Å². The lowest BCUT2D eigenvalue weighted by atomic mass is 10.0. The Morgan fingerprint density at radius 3 is 2.88 bits per heavy atom. The minimum absolute atomic E-state index is 0.00131. The molecule has 1 aromatic carbocycles. The van der Waals surface area contributed by atoms with Crippen molar-refractivity contribution in [2.75, 3.05) is 19.7 Å². The van der Waals surface area contributed by atoms with E-state index in [1.54, 1.807) is 0 Å². The number of piperidine rings is 1. The van der Waals surface area contributed by atoms with Crippen LogP contribution in [0.1, 0.15) is 36.7 Å². The van der Waals surface area contributed by atoms with Gasteiger partial charge < -0.3 is 15.4 Å². The number of likely N-dealkylation sites (tertiary alicyclic amines) is 1. The molecule has 0 spiro atoms. The van der Waals surface area contributed by atoms with Crippen molar-refractivity contribution in [3.8, 4) is 16.3 Å². The molecule has 5 nitrogen and oxygen atoms in total. The molecule has 1 aliphatic rings. The van der Waals surface area contributed by atoms with Crippen LogP contribution in [-0.2, 0) is 0 Å². The molecule has 0 bridgehead atoms. The summed E-state index contributed by atoms with van der Waals surface area (Å²) in [6.07, 6.45) is 3.16. The number of aromatic nitrogens is 1. The molecule has 0 radical (unpaired) electrons. The first-order chi connectivity index (χ1) is 11.7. The average molecular weight is 345 g/mol. The summed E-state index contributed by atoms with van der Waals surface area (Å²) in [5.74, 6) is 0.840. The normalized spacial score (nSPS) is 17.8. The highest BCUT2D eigenvalue weighted by atomic mass is 32.1. The number of benzene rings is 1. The Morgan fingerprint density at radius 1 is 1.38 bits per heavy atom.